The maximum Gasteiger partial charge on any atom is 0.401 e. The Morgan fingerprint density at radius 3 is 2.29 bits per heavy atom. The number of pyridine rings is 1. The highest BCUT2D eigenvalue weighted by Crippen LogP contribution is 2.26. The Morgan fingerprint density at radius 1 is 1.00 bits per heavy atom. The smallest absolute Gasteiger partial charge is 0.342 e. The van der Waals surface area contributed by atoms with E-state index in [0.29, 0.717) is 5.69 Å². The molecular weight excluding hydrogens is 556 g/mol. The molecule has 0 saturated carbocycles. The molecule has 0 spiro atoms. The number of alkyl halides is 4. The monoisotopic (exact) mass is 592 g/mol. The molecule has 9 nitrogen and oxygen atoms in total. The molecule has 3 atom stereocenters. The first-order chi connectivity index (χ1) is 19.9. The van der Waals surface area contributed by atoms with Crippen LogP contribution in [-0.2, 0) is 9.59 Å². The average molecular weight is 593 g/mol. The van der Waals surface area contributed by atoms with Crippen molar-refractivity contribution < 1.29 is 31.9 Å². The minimum atomic E-state index is -4.32. The van der Waals surface area contributed by atoms with Crippen LogP contribution in [-0.4, -0.2) is 102 Å². The summed E-state index contributed by atoms with van der Waals surface area (Å²) in [5.74, 6) is -0.899. The number of nitrogens with one attached hydrogen (secondary N) is 2. The van der Waals surface area contributed by atoms with Gasteiger partial charge in [-0.3, -0.25) is 19.5 Å². The van der Waals surface area contributed by atoms with Crippen LogP contribution in [0.1, 0.15) is 49.0 Å². The SMILES string of the molecule is CC(C)c1ccc([C@@H](NC(=O)[C@@H]2C[C@@H](F)CN2C(=O)CNC(=O)N2CCN(CC(F)(F)F)CC2)c2ccccc2)nc1. The Kier molecular flexibility index (Phi) is 10.0. The number of nitrogens with zero attached hydrogens (tertiary/aromatic N) is 4. The summed E-state index contributed by atoms with van der Waals surface area (Å²) in [4.78, 5) is 47.3. The van der Waals surface area contributed by atoms with Gasteiger partial charge in [-0.15, -0.1) is 0 Å². The van der Waals surface area contributed by atoms with Crippen LogP contribution >= 0.6 is 0 Å². The molecule has 0 radical (unpaired) electrons. The molecule has 2 aliphatic rings. The number of halogens is 4. The molecule has 0 aliphatic carbocycles. The molecule has 42 heavy (non-hydrogen) atoms. The Labute approximate surface area is 242 Å². The molecule has 2 aliphatic heterocycles. The summed E-state index contributed by atoms with van der Waals surface area (Å²) in [7, 11) is 0. The number of amides is 4. The van der Waals surface area contributed by atoms with Crippen molar-refractivity contribution >= 4 is 17.8 Å². The van der Waals surface area contributed by atoms with Crippen molar-refractivity contribution in [2.75, 3.05) is 45.8 Å². The van der Waals surface area contributed by atoms with Crippen molar-refractivity contribution in [3.8, 4) is 0 Å². The Balaban J connectivity index is 1.38. The summed E-state index contributed by atoms with van der Waals surface area (Å²) >= 11 is 0. The number of benzene rings is 1. The molecule has 4 amide bonds. The molecular formula is C29H36F4N6O3. The van der Waals surface area contributed by atoms with Gasteiger partial charge in [-0.1, -0.05) is 50.2 Å². The number of aromatic nitrogens is 1. The Morgan fingerprint density at radius 2 is 1.69 bits per heavy atom. The number of urea groups is 1. The van der Waals surface area contributed by atoms with Gasteiger partial charge in [0.05, 0.1) is 31.4 Å². The lowest BCUT2D eigenvalue weighted by Crippen LogP contribution is -2.55. The zero-order valence-electron chi connectivity index (χ0n) is 23.6. The fourth-order valence-electron chi connectivity index (χ4n) is 5.18. The number of carbonyl (C=O) groups excluding carboxylic acids is 3. The van der Waals surface area contributed by atoms with Gasteiger partial charge in [0.15, 0.2) is 0 Å². The van der Waals surface area contributed by atoms with Gasteiger partial charge in [0.25, 0.3) is 0 Å². The lowest BCUT2D eigenvalue weighted by molar-refractivity contribution is -0.148. The molecule has 2 aromatic rings. The van der Waals surface area contributed by atoms with Crippen molar-refractivity contribution in [3.63, 3.8) is 0 Å². The van der Waals surface area contributed by atoms with Crippen molar-refractivity contribution in [3.05, 3.63) is 65.5 Å². The van der Waals surface area contributed by atoms with E-state index in [9.17, 15) is 31.9 Å². The van der Waals surface area contributed by atoms with Gasteiger partial charge in [-0.05, 0) is 23.1 Å². The van der Waals surface area contributed by atoms with Crippen LogP contribution in [0.2, 0.25) is 0 Å². The van der Waals surface area contributed by atoms with Gasteiger partial charge in [-0.25, -0.2) is 9.18 Å². The third-order valence-electron chi connectivity index (χ3n) is 7.52. The van der Waals surface area contributed by atoms with Crippen LogP contribution in [0.25, 0.3) is 0 Å². The first-order valence-electron chi connectivity index (χ1n) is 14.0. The molecule has 0 unspecified atom stereocenters. The fraction of sp³-hybridized carbons (Fsp3) is 0.517. The highest BCUT2D eigenvalue weighted by Gasteiger charge is 2.41. The normalized spacial score (nSPS) is 20.5. The van der Waals surface area contributed by atoms with Crippen LogP contribution in [0.15, 0.2) is 48.7 Å². The highest BCUT2D eigenvalue weighted by atomic mass is 19.4. The second kappa shape index (κ2) is 13.5. The lowest BCUT2D eigenvalue weighted by Gasteiger charge is -2.35. The van der Waals surface area contributed by atoms with E-state index in [4.69, 9.17) is 0 Å². The van der Waals surface area contributed by atoms with E-state index in [0.717, 1.165) is 16.0 Å². The molecule has 2 saturated heterocycles. The van der Waals surface area contributed by atoms with Gasteiger partial charge in [0.2, 0.25) is 11.8 Å². The summed E-state index contributed by atoms with van der Waals surface area (Å²) in [6.07, 6.45) is -4.17. The molecule has 1 aromatic heterocycles. The van der Waals surface area contributed by atoms with Crippen LogP contribution in [0.5, 0.6) is 0 Å². The van der Waals surface area contributed by atoms with E-state index in [-0.39, 0.29) is 45.1 Å². The summed E-state index contributed by atoms with van der Waals surface area (Å²) in [6.45, 7) is 2.54. The van der Waals surface area contributed by atoms with E-state index in [1.165, 1.54) is 9.80 Å². The van der Waals surface area contributed by atoms with E-state index in [2.05, 4.69) is 15.6 Å². The standard InChI is InChI=1S/C29H36F4N6O3/c1-19(2)21-8-9-23(34-15-21)26(20-6-4-3-5-7-20)36-27(41)24-14-22(30)17-39(24)25(40)16-35-28(42)38-12-10-37(11-13-38)18-29(31,32)33/h3-9,15,19,22,24,26H,10-14,16-18H2,1-2H3,(H,35,42)(H,36,41)/t22-,24+,26+/m1/s1. The van der Waals surface area contributed by atoms with Crippen molar-refractivity contribution in [2.24, 2.45) is 0 Å². The third-order valence-corrected chi connectivity index (χ3v) is 7.52. The largest absolute Gasteiger partial charge is 0.401 e. The third kappa shape index (κ3) is 8.17. The minimum absolute atomic E-state index is 0.0520. The van der Waals surface area contributed by atoms with Gasteiger partial charge in [-0.2, -0.15) is 13.2 Å². The Bertz CT molecular complexity index is 1220. The molecule has 3 heterocycles. The number of hydrogen-bond acceptors (Lipinski definition) is 5. The van der Waals surface area contributed by atoms with Gasteiger partial charge >= 0.3 is 12.2 Å². The van der Waals surface area contributed by atoms with E-state index in [1.54, 1.807) is 6.20 Å². The summed E-state index contributed by atoms with van der Waals surface area (Å²) in [5, 5.41) is 5.40. The summed E-state index contributed by atoms with van der Waals surface area (Å²) in [6, 6.07) is 10.7. The predicted molar refractivity (Wildman–Crippen MR) is 147 cm³/mol. The number of piperazine rings is 1. The first kappa shape index (κ1) is 31.2. The fourth-order valence-corrected chi connectivity index (χ4v) is 5.18. The maximum atomic E-state index is 14.5. The molecule has 0 bridgehead atoms. The van der Waals surface area contributed by atoms with Crippen molar-refractivity contribution in [1.82, 2.24) is 30.3 Å². The zero-order valence-corrected chi connectivity index (χ0v) is 23.6. The summed E-state index contributed by atoms with van der Waals surface area (Å²) in [5.41, 5.74) is 2.40. The van der Waals surface area contributed by atoms with E-state index >= 15 is 0 Å². The zero-order chi connectivity index (χ0) is 30.4. The molecule has 1 aromatic carbocycles. The van der Waals surface area contributed by atoms with E-state index < -0.39 is 55.4 Å². The number of rotatable bonds is 8. The molecule has 2 fully saturated rings. The van der Waals surface area contributed by atoms with Crippen molar-refractivity contribution in [1.29, 1.82) is 0 Å². The number of likely N-dealkylation sites (tertiary alicyclic amines) is 1. The van der Waals surface area contributed by atoms with Crippen LogP contribution in [0, 0.1) is 0 Å². The quantitative estimate of drug-likeness (QED) is 0.459. The van der Waals surface area contributed by atoms with Gasteiger partial charge in [0, 0.05) is 38.8 Å². The van der Waals surface area contributed by atoms with Crippen LogP contribution < -0.4 is 10.6 Å². The lowest BCUT2D eigenvalue weighted by atomic mass is 10.00. The second-order valence-electron chi connectivity index (χ2n) is 11.0. The van der Waals surface area contributed by atoms with Crippen LogP contribution in [0.4, 0.5) is 22.4 Å². The topological polar surface area (TPSA) is 97.9 Å². The second-order valence-corrected chi connectivity index (χ2v) is 11.0. The maximum absolute atomic E-state index is 14.5. The molecule has 13 heteroatoms. The number of carbonyl (C=O) groups is 3. The van der Waals surface area contributed by atoms with E-state index in [1.807, 2.05) is 56.3 Å². The van der Waals surface area contributed by atoms with Crippen molar-refractivity contribution in [2.45, 2.75) is 50.6 Å². The summed E-state index contributed by atoms with van der Waals surface area (Å²) < 4.78 is 52.4. The van der Waals surface area contributed by atoms with Gasteiger partial charge in [0.1, 0.15) is 12.2 Å². The minimum Gasteiger partial charge on any atom is -0.342 e. The number of hydrogen-bond donors (Lipinski definition) is 2. The average Bonchev–Trinajstić information content (AvgIpc) is 3.36. The molecule has 4 rings (SSSR count). The molecule has 2 N–H and O–H groups in total. The first-order valence-corrected chi connectivity index (χ1v) is 14.0. The molecule has 228 valence electrons. The predicted octanol–water partition coefficient (Wildman–Crippen LogP) is 3.24. The highest BCUT2D eigenvalue weighted by molar-refractivity contribution is 5.91. The Hall–Kier alpha value is -3.74. The van der Waals surface area contributed by atoms with Crippen LogP contribution in [0.3, 0.4) is 0 Å². The van der Waals surface area contributed by atoms with Gasteiger partial charge < -0.3 is 20.4 Å².